The monoisotopic (exact) mass is 198 g/mol. The highest BCUT2D eigenvalue weighted by molar-refractivity contribution is 4.99. The molecular formula is C11H22N2O. The molecule has 0 aromatic carbocycles. The van der Waals surface area contributed by atoms with E-state index in [0.29, 0.717) is 0 Å². The first-order valence-electron chi connectivity index (χ1n) is 5.89. The Kier molecular flexibility index (Phi) is 3.10. The van der Waals surface area contributed by atoms with Gasteiger partial charge in [-0.1, -0.05) is 6.92 Å². The van der Waals surface area contributed by atoms with Crippen LogP contribution in [-0.4, -0.2) is 42.8 Å². The molecule has 82 valence electrons. The van der Waals surface area contributed by atoms with Gasteiger partial charge >= 0.3 is 0 Å². The highest BCUT2D eigenvalue weighted by atomic mass is 16.5. The molecule has 2 aliphatic heterocycles. The van der Waals surface area contributed by atoms with Crippen LogP contribution in [-0.2, 0) is 4.74 Å². The van der Waals surface area contributed by atoms with Crippen LogP contribution in [0.5, 0.6) is 0 Å². The SMILES string of the molecule is CCCN1CCC2(CC1)OCCC2N. The normalized spacial score (nSPS) is 32.6. The molecule has 2 aliphatic rings. The van der Waals surface area contributed by atoms with Gasteiger partial charge in [0.1, 0.15) is 0 Å². The van der Waals surface area contributed by atoms with Crippen molar-refractivity contribution in [3.63, 3.8) is 0 Å². The third kappa shape index (κ3) is 1.81. The standard InChI is InChI=1S/C11H22N2O/c1-2-6-13-7-4-11(5-8-13)10(12)3-9-14-11/h10H,2-9,12H2,1H3. The Labute approximate surface area is 86.6 Å². The van der Waals surface area contributed by atoms with Gasteiger partial charge in [0.25, 0.3) is 0 Å². The van der Waals surface area contributed by atoms with Gasteiger partial charge in [-0.3, -0.25) is 0 Å². The topological polar surface area (TPSA) is 38.5 Å². The van der Waals surface area contributed by atoms with E-state index in [1.54, 1.807) is 0 Å². The Hall–Kier alpha value is -0.120. The van der Waals surface area contributed by atoms with E-state index in [1.165, 1.54) is 26.1 Å². The Morgan fingerprint density at radius 1 is 1.43 bits per heavy atom. The van der Waals surface area contributed by atoms with Gasteiger partial charge in [-0.25, -0.2) is 0 Å². The van der Waals surface area contributed by atoms with Gasteiger partial charge in [-0.15, -0.1) is 0 Å². The van der Waals surface area contributed by atoms with Gasteiger partial charge < -0.3 is 15.4 Å². The van der Waals surface area contributed by atoms with E-state index in [-0.39, 0.29) is 11.6 Å². The summed E-state index contributed by atoms with van der Waals surface area (Å²) in [7, 11) is 0. The lowest BCUT2D eigenvalue weighted by Crippen LogP contribution is -2.52. The summed E-state index contributed by atoms with van der Waals surface area (Å²) in [5.74, 6) is 0. The van der Waals surface area contributed by atoms with E-state index >= 15 is 0 Å². The molecular weight excluding hydrogens is 176 g/mol. The first-order valence-corrected chi connectivity index (χ1v) is 5.89. The zero-order chi connectivity index (χ0) is 10.0. The molecule has 2 N–H and O–H groups in total. The summed E-state index contributed by atoms with van der Waals surface area (Å²) in [6.07, 6.45) is 4.57. The van der Waals surface area contributed by atoms with Crippen molar-refractivity contribution < 1.29 is 4.74 Å². The Bertz CT molecular complexity index is 188. The van der Waals surface area contributed by atoms with E-state index in [2.05, 4.69) is 11.8 Å². The van der Waals surface area contributed by atoms with Gasteiger partial charge in [0.05, 0.1) is 5.60 Å². The Balaban J connectivity index is 1.88. The predicted molar refractivity (Wildman–Crippen MR) is 57.2 cm³/mol. The van der Waals surface area contributed by atoms with Gasteiger partial charge in [0.15, 0.2) is 0 Å². The first-order chi connectivity index (χ1) is 6.77. The molecule has 14 heavy (non-hydrogen) atoms. The van der Waals surface area contributed by atoms with Crippen LogP contribution in [0.1, 0.15) is 32.6 Å². The smallest absolute Gasteiger partial charge is 0.0857 e. The molecule has 2 saturated heterocycles. The van der Waals surface area contributed by atoms with E-state index in [4.69, 9.17) is 10.5 Å². The average Bonchev–Trinajstić information content (AvgIpc) is 2.53. The minimum absolute atomic E-state index is 0.0459. The van der Waals surface area contributed by atoms with Gasteiger partial charge in [0.2, 0.25) is 0 Å². The molecule has 2 heterocycles. The molecule has 1 unspecified atom stereocenters. The van der Waals surface area contributed by atoms with Crippen molar-refractivity contribution in [3.8, 4) is 0 Å². The van der Waals surface area contributed by atoms with Gasteiger partial charge in [0, 0.05) is 25.7 Å². The Morgan fingerprint density at radius 2 is 2.14 bits per heavy atom. The number of nitrogens with two attached hydrogens (primary N) is 1. The number of piperidine rings is 1. The summed E-state index contributed by atoms with van der Waals surface area (Å²) in [6, 6.07) is 0.284. The largest absolute Gasteiger partial charge is 0.373 e. The summed E-state index contributed by atoms with van der Waals surface area (Å²) in [4.78, 5) is 2.53. The van der Waals surface area contributed by atoms with Crippen molar-refractivity contribution in [2.45, 2.75) is 44.2 Å². The number of nitrogens with zero attached hydrogens (tertiary/aromatic N) is 1. The fraction of sp³-hybridized carbons (Fsp3) is 1.00. The third-order valence-electron chi connectivity index (χ3n) is 3.74. The lowest BCUT2D eigenvalue weighted by atomic mass is 9.85. The molecule has 3 heteroatoms. The number of hydrogen-bond acceptors (Lipinski definition) is 3. The van der Waals surface area contributed by atoms with Crippen LogP contribution in [0.2, 0.25) is 0 Å². The zero-order valence-corrected chi connectivity index (χ0v) is 9.17. The number of likely N-dealkylation sites (tertiary alicyclic amines) is 1. The fourth-order valence-electron chi connectivity index (χ4n) is 2.75. The summed E-state index contributed by atoms with van der Waals surface area (Å²) in [5.41, 5.74) is 6.17. The molecule has 2 fully saturated rings. The summed E-state index contributed by atoms with van der Waals surface area (Å²) in [6.45, 7) is 6.67. The lowest BCUT2D eigenvalue weighted by Gasteiger charge is -2.41. The van der Waals surface area contributed by atoms with E-state index in [1.807, 2.05) is 0 Å². The maximum atomic E-state index is 6.12. The molecule has 0 saturated carbocycles. The summed E-state index contributed by atoms with van der Waals surface area (Å²) >= 11 is 0. The molecule has 0 radical (unpaired) electrons. The summed E-state index contributed by atoms with van der Waals surface area (Å²) in [5, 5.41) is 0. The average molecular weight is 198 g/mol. The van der Waals surface area contributed by atoms with Crippen molar-refractivity contribution in [2.75, 3.05) is 26.2 Å². The van der Waals surface area contributed by atoms with E-state index in [0.717, 1.165) is 25.9 Å². The third-order valence-corrected chi connectivity index (χ3v) is 3.74. The summed E-state index contributed by atoms with van der Waals surface area (Å²) < 4.78 is 5.87. The molecule has 0 bridgehead atoms. The van der Waals surface area contributed by atoms with Crippen molar-refractivity contribution in [1.82, 2.24) is 4.90 Å². The highest BCUT2D eigenvalue weighted by Crippen LogP contribution is 2.34. The second-order valence-electron chi connectivity index (χ2n) is 4.65. The second-order valence-corrected chi connectivity index (χ2v) is 4.65. The molecule has 2 rings (SSSR count). The number of hydrogen-bond donors (Lipinski definition) is 1. The highest BCUT2D eigenvalue weighted by Gasteiger charge is 2.44. The van der Waals surface area contributed by atoms with Gasteiger partial charge in [-0.2, -0.15) is 0 Å². The van der Waals surface area contributed by atoms with Crippen molar-refractivity contribution in [2.24, 2.45) is 5.73 Å². The molecule has 0 aliphatic carbocycles. The van der Waals surface area contributed by atoms with Crippen LogP contribution in [0.15, 0.2) is 0 Å². The molecule has 0 aromatic rings. The molecule has 0 amide bonds. The van der Waals surface area contributed by atoms with Crippen molar-refractivity contribution in [1.29, 1.82) is 0 Å². The van der Waals surface area contributed by atoms with Gasteiger partial charge in [-0.05, 0) is 32.2 Å². The maximum absolute atomic E-state index is 6.12. The fourth-order valence-corrected chi connectivity index (χ4v) is 2.75. The molecule has 0 aromatic heterocycles. The van der Waals surface area contributed by atoms with Crippen LogP contribution in [0, 0.1) is 0 Å². The molecule has 1 atom stereocenters. The zero-order valence-electron chi connectivity index (χ0n) is 9.17. The first kappa shape index (κ1) is 10.4. The predicted octanol–water partition coefficient (Wildman–Crippen LogP) is 0.979. The van der Waals surface area contributed by atoms with E-state index < -0.39 is 0 Å². The van der Waals surface area contributed by atoms with E-state index in [9.17, 15) is 0 Å². The minimum atomic E-state index is 0.0459. The van der Waals surface area contributed by atoms with Crippen LogP contribution < -0.4 is 5.73 Å². The van der Waals surface area contributed by atoms with Crippen LogP contribution in [0.3, 0.4) is 0 Å². The molecule has 1 spiro atoms. The second kappa shape index (κ2) is 4.17. The van der Waals surface area contributed by atoms with Crippen LogP contribution in [0.25, 0.3) is 0 Å². The molecule has 3 nitrogen and oxygen atoms in total. The van der Waals surface area contributed by atoms with Crippen molar-refractivity contribution in [3.05, 3.63) is 0 Å². The lowest BCUT2D eigenvalue weighted by molar-refractivity contribution is -0.0507. The minimum Gasteiger partial charge on any atom is -0.373 e. The Morgan fingerprint density at radius 3 is 2.64 bits per heavy atom. The maximum Gasteiger partial charge on any atom is 0.0857 e. The number of rotatable bonds is 2. The van der Waals surface area contributed by atoms with Crippen LogP contribution >= 0.6 is 0 Å². The van der Waals surface area contributed by atoms with Crippen molar-refractivity contribution >= 4 is 0 Å². The van der Waals surface area contributed by atoms with Crippen LogP contribution in [0.4, 0.5) is 0 Å². The number of ether oxygens (including phenoxy) is 1. The quantitative estimate of drug-likeness (QED) is 0.719.